The Morgan fingerprint density at radius 2 is 2.21 bits per heavy atom. The first-order valence-corrected chi connectivity index (χ1v) is 4.04. The van der Waals surface area contributed by atoms with Crippen LogP contribution >= 0.6 is 0 Å². The summed E-state index contributed by atoms with van der Waals surface area (Å²) in [6.45, 7) is 0. The Labute approximate surface area is 80.8 Å². The van der Waals surface area contributed by atoms with E-state index in [1.165, 1.54) is 6.33 Å². The second-order valence-corrected chi connectivity index (χ2v) is 2.70. The first kappa shape index (κ1) is 8.45. The minimum Gasteiger partial charge on any atom is -0.480 e. The van der Waals surface area contributed by atoms with Crippen LogP contribution in [0.2, 0.25) is 0 Å². The highest BCUT2D eigenvalue weighted by atomic mass is 16.5. The number of benzene rings is 1. The standard InChI is InChI=1S/C10H7N3O/c1-14-10-8-4-2-3-7(5-11)9(8)12-6-13-10/h2-4,6H,1H3. The maximum Gasteiger partial charge on any atom is 0.224 e. The third-order valence-electron chi connectivity index (χ3n) is 1.94. The molecule has 2 rings (SSSR count). The number of hydrogen-bond donors (Lipinski definition) is 0. The van der Waals surface area contributed by atoms with Crippen molar-refractivity contribution in [2.45, 2.75) is 0 Å². The van der Waals surface area contributed by atoms with Crippen molar-refractivity contribution in [1.29, 1.82) is 5.26 Å². The molecule has 1 aromatic carbocycles. The molecule has 1 heterocycles. The molecule has 68 valence electrons. The van der Waals surface area contributed by atoms with Crippen molar-refractivity contribution in [1.82, 2.24) is 9.97 Å². The van der Waals surface area contributed by atoms with E-state index in [1.54, 1.807) is 19.2 Å². The van der Waals surface area contributed by atoms with Gasteiger partial charge in [0.1, 0.15) is 12.4 Å². The molecule has 0 aliphatic carbocycles. The quantitative estimate of drug-likeness (QED) is 0.675. The number of fused-ring (bicyclic) bond motifs is 1. The highest BCUT2D eigenvalue weighted by molar-refractivity contribution is 5.87. The number of ether oxygens (including phenoxy) is 1. The molecule has 4 heteroatoms. The zero-order valence-corrected chi connectivity index (χ0v) is 7.56. The highest BCUT2D eigenvalue weighted by Crippen LogP contribution is 2.22. The lowest BCUT2D eigenvalue weighted by Crippen LogP contribution is -1.92. The van der Waals surface area contributed by atoms with Crippen molar-refractivity contribution < 1.29 is 4.74 Å². The average Bonchev–Trinajstić information content (AvgIpc) is 2.27. The smallest absolute Gasteiger partial charge is 0.224 e. The summed E-state index contributed by atoms with van der Waals surface area (Å²) >= 11 is 0. The predicted octanol–water partition coefficient (Wildman–Crippen LogP) is 1.51. The average molecular weight is 185 g/mol. The maximum atomic E-state index is 8.85. The van der Waals surface area contributed by atoms with Gasteiger partial charge in [0.15, 0.2) is 0 Å². The number of nitrogens with zero attached hydrogens (tertiary/aromatic N) is 3. The number of methoxy groups -OCH3 is 1. The lowest BCUT2D eigenvalue weighted by Gasteiger charge is -2.02. The molecule has 2 aromatic rings. The van der Waals surface area contributed by atoms with E-state index in [4.69, 9.17) is 10.00 Å². The molecule has 4 nitrogen and oxygen atoms in total. The van der Waals surface area contributed by atoms with Gasteiger partial charge < -0.3 is 4.74 Å². The van der Waals surface area contributed by atoms with E-state index in [0.29, 0.717) is 17.0 Å². The molecule has 0 spiro atoms. The monoisotopic (exact) mass is 185 g/mol. The van der Waals surface area contributed by atoms with E-state index in [2.05, 4.69) is 16.0 Å². The largest absolute Gasteiger partial charge is 0.480 e. The third kappa shape index (κ3) is 1.15. The molecule has 0 bridgehead atoms. The molecule has 0 atom stereocenters. The fourth-order valence-electron chi connectivity index (χ4n) is 1.32. The minimum atomic E-state index is 0.493. The molecular weight excluding hydrogens is 178 g/mol. The van der Waals surface area contributed by atoms with Crippen molar-refractivity contribution in [2.24, 2.45) is 0 Å². The zero-order chi connectivity index (χ0) is 9.97. The second-order valence-electron chi connectivity index (χ2n) is 2.70. The van der Waals surface area contributed by atoms with E-state index in [0.717, 1.165) is 5.39 Å². The van der Waals surface area contributed by atoms with Crippen LogP contribution in [0.1, 0.15) is 5.56 Å². The van der Waals surface area contributed by atoms with Gasteiger partial charge in [-0.1, -0.05) is 6.07 Å². The summed E-state index contributed by atoms with van der Waals surface area (Å²) in [5.41, 5.74) is 1.16. The van der Waals surface area contributed by atoms with Crippen LogP contribution < -0.4 is 4.74 Å². The van der Waals surface area contributed by atoms with Crippen LogP contribution in [0.5, 0.6) is 5.88 Å². The van der Waals surface area contributed by atoms with E-state index in [-0.39, 0.29) is 0 Å². The number of aromatic nitrogens is 2. The fourth-order valence-corrected chi connectivity index (χ4v) is 1.32. The van der Waals surface area contributed by atoms with Gasteiger partial charge in [-0.15, -0.1) is 0 Å². The molecule has 0 amide bonds. The maximum absolute atomic E-state index is 8.85. The van der Waals surface area contributed by atoms with Gasteiger partial charge in [0.2, 0.25) is 5.88 Å². The Morgan fingerprint density at radius 3 is 2.93 bits per heavy atom. The van der Waals surface area contributed by atoms with E-state index >= 15 is 0 Å². The van der Waals surface area contributed by atoms with Gasteiger partial charge in [0.25, 0.3) is 0 Å². The van der Waals surface area contributed by atoms with Crippen LogP contribution in [-0.4, -0.2) is 17.1 Å². The van der Waals surface area contributed by atoms with Crippen molar-refractivity contribution in [3.63, 3.8) is 0 Å². The van der Waals surface area contributed by atoms with Crippen molar-refractivity contribution in [2.75, 3.05) is 7.11 Å². The van der Waals surface area contributed by atoms with E-state index in [9.17, 15) is 0 Å². The molecule has 0 aliphatic rings. The molecule has 0 N–H and O–H groups in total. The molecule has 0 unspecified atom stereocenters. The zero-order valence-electron chi connectivity index (χ0n) is 7.56. The summed E-state index contributed by atoms with van der Waals surface area (Å²) in [5.74, 6) is 0.493. The number of rotatable bonds is 1. The van der Waals surface area contributed by atoms with Gasteiger partial charge in [0, 0.05) is 0 Å². The van der Waals surface area contributed by atoms with Crippen LogP contribution in [0.4, 0.5) is 0 Å². The van der Waals surface area contributed by atoms with Gasteiger partial charge in [-0.05, 0) is 12.1 Å². The van der Waals surface area contributed by atoms with E-state index in [1.807, 2.05) is 6.07 Å². The van der Waals surface area contributed by atoms with Crippen molar-refractivity contribution >= 4 is 10.9 Å². The number of hydrogen-bond acceptors (Lipinski definition) is 4. The molecule has 0 saturated heterocycles. The number of para-hydroxylation sites is 1. The van der Waals surface area contributed by atoms with Crippen LogP contribution in [0.25, 0.3) is 10.9 Å². The number of nitriles is 1. The normalized spacial score (nSPS) is 9.71. The molecule has 1 aromatic heterocycles. The van der Waals surface area contributed by atoms with Gasteiger partial charge in [-0.2, -0.15) is 5.26 Å². The summed E-state index contributed by atoms with van der Waals surface area (Å²) in [5, 5.41) is 9.61. The Bertz CT molecular complexity index is 516. The lowest BCUT2D eigenvalue weighted by atomic mass is 10.1. The van der Waals surface area contributed by atoms with Gasteiger partial charge >= 0.3 is 0 Å². The van der Waals surface area contributed by atoms with Crippen LogP contribution in [0.3, 0.4) is 0 Å². The summed E-state index contributed by atoms with van der Waals surface area (Å²) in [6, 6.07) is 7.41. The molecular formula is C10H7N3O. The minimum absolute atomic E-state index is 0.493. The van der Waals surface area contributed by atoms with Gasteiger partial charge in [0.05, 0.1) is 23.6 Å². The summed E-state index contributed by atoms with van der Waals surface area (Å²) in [6.07, 6.45) is 1.39. The molecule has 0 saturated carbocycles. The SMILES string of the molecule is COc1ncnc2c(C#N)cccc12. The Balaban J connectivity index is 2.86. The summed E-state index contributed by atoms with van der Waals surface area (Å²) < 4.78 is 5.07. The predicted molar refractivity (Wildman–Crippen MR) is 50.8 cm³/mol. The third-order valence-corrected chi connectivity index (χ3v) is 1.94. The fraction of sp³-hybridized carbons (Fsp3) is 0.100. The first-order valence-electron chi connectivity index (χ1n) is 4.04. The second kappa shape index (κ2) is 3.30. The molecule has 0 radical (unpaired) electrons. The summed E-state index contributed by atoms with van der Waals surface area (Å²) in [7, 11) is 1.54. The van der Waals surface area contributed by atoms with Crippen molar-refractivity contribution in [3.8, 4) is 11.9 Å². The van der Waals surface area contributed by atoms with E-state index < -0.39 is 0 Å². The Kier molecular flexibility index (Phi) is 1.99. The first-order chi connectivity index (χ1) is 6.86. The van der Waals surface area contributed by atoms with Crippen LogP contribution in [0.15, 0.2) is 24.5 Å². The van der Waals surface area contributed by atoms with Crippen LogP contribution in [0, 0.1) is 11.3 Å². The Hall–Kier alpha value is -2.15. The lowest BCUT2D eigenvalue weighted by molar-refractivity contribution is 0.402. The highest BCUT2D eigenvalue weighted by Gasteiger charge is 2.06. The summed E-state index contributed by atoms with van der Waals surface area (Å²) in [4.78, 5) is 8.01. The topological polar surface area (TPSA) is 58.8 Å². The molecule has 0 fully saturated rings. The Morgan fingerprint density at radius 1 is 1.36 bits per heavy atom. The van der Waals surface area contributed by atoms with Gasteiger partial charge in [-0.3, -0.25) is 0 Å². The van der Waals surface area contributed by atoms with Crippen LogP contribution in [-0.2, 0) is 0 Å². The molecule has 14 heavy (non-hydrogen) atoms. The molecule has 0 aliphatic heterocycles. The van der Waals surface area contributed by atoms with Crippen molar-refractivity contribution in [3.05, 3.63) is 30.1 Å². The van der Waals surface area contributed by atoms with Gasteiger partial charge in [-0.25, -0.2) is 9.97 Å².